The Balaban J connectivity index is 2.00. The first kappa shape index (κ1) is 13.9. The molecule has 108 valence electrons. The summed E-state index contributed by atoms with van der Waals surface area (Å²) in [6.45, 7) is 8.26. The van der Waals surface area contributed by atoms with Crippen LogP contribution in [0.5, 0.6) is 0 Å². The second-order valence-electron chi connectivity index (χ2n) is 5.53. The number of aryl methyl sites for hydroxylation is 2. The zero-order chi connectivity index (χ0) is 14.8. The van der Waals surface area contributed by atoms with Crippen LogP contribution in [0.15, 0.2) is 46.9 Å². The van der Waals surface area contributed by atoms with Crippen molar-refractivity contribution in [3.63, 3.8) is 0 Å². The van der Waals surface area contributed by atoms with E-state index in [0.717, 1.165) is 24.4 Å². The molecule has 2 nitrogen and oxygen atoms in total. The van der Waals surface area contributed by atoms with Crippen LogP contribution in [0.25, 0.3) is 22.3 Å². The molecule has 1 aromatic heterocycles. The molecule has 0 unspecified atom stereocenters. The average molecular weight is 279 g/mol. The molecule has 1 heterocycles. The molecule has 1 N–H and O–H groups in total. The van der Waals surface area contributed by atoms with Gasteiger partial charge in [0.25, 0.3) is 0 Å². The number of hydrogen-bond donors (Lipinski definition) is 1. The maximum atomic E-state index is 6.07. The minimum absolute atomic E-state index is 0.914. The normalized spacial score (nSPS) is 11.2. The highest BCUT2D eigenvalue weighted by molar-refractivity contribution is 5.85. The monoisotopic (exact) mass is 279 g/mol. The Morgan fingerprint density at radius 2 is 1.86 bits per heavy atom. The molecule has 0 radical (unpaired) electrons. The highest BCUT2D eigenvalue weighted by Crippen LogP contribution is 2.31. The van der Waals surface area contributed by atoms with Crippen molar-refractivity contribution in [3.8, 4) is 11.3 Å². The summed E-state index contributed by atoms with van der Waals surface area (Å²) in [5.41, 5.74) is 5.90. The molecule has 21 heavy (non-hydrogen) atoms. The topological polar surface area (TPSA) is 25.2 Å². The first-order valence-electron chi connectivity index (χ1n) is 7.49. The van der Waals surface area contributed by atoms with Gasteiger partial charge < -0.3 is 9.73 Å². The molecule has 0 aliphatic rings. The van der Waals surface area contributed by atoms with Gasteiger partial charge in [-0.1, -0.05) is 43.3 Å². The van der Waals surface area contributed by atoms with Gasteiger partial charge in [-0.3, -0.25) is 0 Å². The van der Waals surface area contributed by atoms with E-state index in [1.807, 2.05) is 0 Å². The van der Waals surface area contributed by atoms with Crippen molar-refractivity contribution in [1.82, 2.24) is 5.32 Å². The van der Waals surface area contributed by atoms with E-state index in [1.54, 1.807) is 0 Å². The fourth-order valence-corrected chi connectivity index (χ4v) is 2.72. The summed E-state index contributed by atoms with van der Waals surface area (Å²) in [5.74, 6) is 0.951. The summed E-state index contributed by atoms with van der Waals surface area (Å²) < 4.78 is 6.07. The minimum atomic E-state index is 0.914. The molecule has 2 aromatic carbocycles. The summed E-state index contributed by atoms with van der Waals surface area (Å²) in [6.07, 6.45) is 0. The Morgan fingerprint density at radius 3 is 2.57 bits per heavy atom. The van der Waals surface area contributed by atoms with Crippen LogP contribution < -0.4 is 5.32 Å². The predicted molar refractivity (Wildman–Crippen MR) is 88.5 cm³/mol. The van der Waals surface area contributed by atoms with E-state index in [1.165, 1.54) is 27.6 Å². The van der Waals surface area contributed by atoms with Crippen LogP contribution in [0.1, 0.15) is 23.6 Å². The largest absolute Gasteiger partial charge is 0.456 e. The van der Waals surface area contributed by atoms with Gasteiger partial charge in [0.15, 0.2) is 0 Å². The number of rotatable bonds is 4. The smallest absolute Gasteiger partial charge is 0.137 e. The third-order valence-electron chi connectivity index (χ3n) is 3.88. The maximum absolute atomic E-state index is 6.07. The van der Waals surface area contributed by atoms with E-state index < -0.39 is 0 Å². The first-order valence-corrected chi connectivity index (χ1v) is 7.49. The second kappa shape index (κ2) is 5.74. The van der Waals surface area contributed by atoms with E-state index >= 15 is 0 Å². The van der Waals surface area contributed by atoms with E-state index in [0.29, 0.717) is 0 Å². The number of para-hydroxylation sites is 1. The molecule has 0 aliphatic heterocycles. The van der Waals surface area contributed by atoms with E-state index in [2.05, 4.69) is 68.6 Å². The molecule has 3 aromatic rings. The lowest BCUT2D eigenvalue weighted by Gasteiger charge is -2.07. The highest BCUT2D eigenvalue weighted by atomic mass is 16.3. The number of fused-ring (bicyclic) bond motifs is 1. The van der Waals surface area contributed by atoms with Crippen molar-refractivity contribution in [2.75, 3.05) is 6.54 Å². The fourth-order valence-electron chi connectivity index (χ4n) is 2.72. The number of furan rings is 1. The maximum Gasteiger partial charge on any atom is 0.137 e. The van der Waals surface area contributed by atoms with Crippen LogP contribution in [0, 0.1) is 13.8 Å². The van der Waals surface area contributed by atoms with Gasteiger partial charge in [0.1, 0.15) is 11.3 Å². The zero-order valence-electron chi connectivity index (χ0n) is 12.9. The van der Waals surface area contributed by atoms with E-state index in [-0.39, 0.29) is 0 Å². The van der Waals surface area contributed by atoms with E-state index in [4.69, 9.17) is 4.42 Å². The van der Waals surface area contributed by atoms with Crippen molar-refractivity contribution in [2.45, 2.75) is 27.3 Å². The number of benzene rings is 2. The second-order valence-corrected chi connectivity index (χ2v) is 5.53. The summed E-state index contributed by atoms with van der Waals surface area (Å²) in [7, 11) is 0. The SMILES string of the molecule is CCNCc1ccc(-c2cc3cccc(C)c3o2)c(C)c1. The Bertz CT molecular complexity index is 770. The van der Waals surface area contributed by atoms with Crippen LogP contribution in [-0.2, 0) is 6.54 Å². The Morgan fingerprint density at radius 1 is 1.00 bits per heavy atom. The number of nitrogens with one attached hydrogen (secondary N) is 1. The van der Waals surface area contributed by atoms with Crippen LogP contribution in [-0.4, -0.2) is 6.54 Å². The highest BCUT2D eigenvalue weighted by Gasteiger charge is 2.10. The van der Waals surface area contributed by atoms with Gasteiger partial charge in [0.05, 0.1) is 0 Å². The Labute approximate surface area is 125 Å². The molecule has 0 fully saturated rings. The third kappa shape index (κ3) is 2.72. The first-order chi connectivity index (χ1) is 10.2. The molecular weight excluding hydrogens is 258 g/mol. The van der Waals surface area contributed by atoms with Crippen LogP contribution >= 0.6 is 0 Å². The molecule has 0 amide bonds. The summed E-state index contributed by atoms with van der Waals surface area (Å²) >= 11 is 0. The Hall–Kier alpha value is -2.06. The summed E-state index contributed by atoms with van der Waals surface area (Å²) in [5, 5.41) is 4.52. The quantitative estimate of drug-likeness (QED) is 0.740. The molecule has 0 aliphatic carbocycles. The van der Waals surface area contributed by atoms with Crippen molar-refractivity contribution in [1.29, 1.82) is 0 Å². The lowest BCUT2D eigenvalue weighted by atomic mass is 10.0. The molecule has 0 saturated heterocycles. The Kier molecular flexibility index (Phi) is 3.80. The predicted octanol–water partition coefficient (Wildman–Crippen LogP) is 4.83. The van der Waals surface area contributed by atoms with Gasteiger partial charge in [0, 0.05) is 17.5 Å². The number of hydrogen-bond acceptors (Lipinski definition) is 2. The average Bonchev–Trinajstić information content (AvgIpc) is 2.90. The minimum Gasteiger partial charge on any atom is -0.456 e. The summed E-state index contributed by atoms with van der Waals surface area (Å²) in [6, 6.07) is 15.0. The lowest BCUT2D eigenvalue weighted by Crippen LogP contribution is -2.11. The van der Waals surface area contributed by atoms with Gasteiger partial charge in [0.2, 0.25) is 0 Å². The molecule has 2 heteroatoms. The summed E-state index contributed by atoms with van der Waals surface area (Å²) in [4.78, 5) is 0. The van der Waals surface area contributed by atoms with Crippen molar-refractivity contribution in [3.05, 3.63) is 59.2 Å². The molecule has 0 spiro atoms. The fraction of sp³-hybridized carbons (Fsp3) is 0.263. The van der Waals surface area contributed by atoms with Gasteiger partial charge >= 0.3 is 0 Å². The van der Waals surface area contributed by atoms with E-state index in [9.17, 15) is 0 Å². The molecular formula is C19H21NO. The van der Waals surface area contributed by atoms with Crippen molar-refractivity contribution in [2.24, 2.45) is 0 Å². The van der Waals surface area contributed by atoms with Gasteiger partial charge in [-0.05, 0) is 43.1 Å². The van der Waals surface area contributed by atoms with Crippen molar-refractivity contribution < 1.29 is 4.42 Å². The third-order valence-corrected chi connectivity index (χ3v) is 3.88. The standard InChI is InChI=1S/C19H21NO/c1-4-20-12-15-8-9-17(14(3)10-15)18-11-16-7-5-6-13(2)19(16)21-18/h5-11,20H,4,12H2,1-3H3. The zero-order valence-corrected chi connectivity index (χ0v) is 12.9. The van der Waals surface area contributed by atoms with Gasteiger partial charge in [-0.15, -0.1) is 0 Å². The van der Waals surface area contributed by atoms with Gasteiger partial charge in [-0.25, -0.2) is 0 Å². The van der Waals surface area contributed by atoms with Crippen LogP contribution in [0.4, 0.5) is 0 Å². The van der Waals surface area contributed by atoms with Gasteiger partial charge in [-0.2, -0.15) is 0 Å². The molecule has 0 bridgehead atoms. The lowest BCUT2D eigenvalue weighted by molar-refractivity contribution is 0.628. The molecule has 3 rings (SSSR count). The molecule has 0 saturated carbocycles. The van der Waals surface area contributed by atoms with Crippen LogP contribution in [0.3, 0.4) is 0 Å². The van der Waals surface area contributed by atoms with Crippen molar-refractivity contribution >= 4 is 11.0 Å². The molecule has 0 atom stereocenters. The van der Waals surface area contributed by atoms with Crippen LogP contribution in [0.2, 0.25) is 0 Å².